The molecule has 0 spiro atoms. The lowest BCUT2D eigenvalue weighted by Crippen LogP contribution is -2.54. The van der Waals surface area contributed by atoms with Crippen LogP contribution in [0.1, 0.15) is 30.7 Å². The topological polar surface area (TPSA) is 59.4 Å². The average Bonchev–Trinajstić information content (AvgIpc) is 2.85. The van der Waals surface area contributed by atoms with Gasteiger partial charge >= 0.3 is 0 Å². The molecule has 3 heterocycles. The fourth-order valence-electron chi connectivity index (χ4n) is 3.37. The Hall–Kier alpha value is -0.820. The van der Waals surface area contributed by atoms with E-state index in [1.54, 1.807) is 0 Å². The maximum absolute atomic E-state index is 12.6. The predicted octanol–water partition coefficient (Wildman–Crippen LogP) is 1.71. The van der Waals surface area contributed by atoms with Crippen molar-refractivity contribution in [1.82, 2.24) is 20.0 Å². The second-order valence-electron chi connectivity index (χ2n) is 6.39. The summed E-state index contributed by atoms with van der Waals surface area (Å²) in [5, 5.41) is 7.83. The van der Waals surface area contributed by atoms with E-state index in [2.05, 4.69) is 23.4 Å². The number of carbonyl (C=O) groups excluding carboxylic acids is 1. The third-order valence-electron chi connectivity index (χ3n) is 4.54. The third kappa shape index (κ3) is 5.09. The number of hydrogen-bond acceptors (Lipinski definition) is 4. The summed E-state index contributed by atoms with van der Waals surface area (Å²) < 4.78 is 7.82. The number of hydrogen-bond donors (Lipinski definition) is 1. The second-order valence-corrected chi connectivity index (χ2v) is 6.39. The molecular formula is C16H28Cl2N4O2. The Kier molecular flexibility index (Phi) is 8.50. The van der Waals surface area contributed by atoms with Crippen LogP contribution in [0, 0.1) is 13.8 Å². The molecule has 2 aliphatic rings. The van der Waals surface area contributed by atoms with Crippen LogP contribution in [-0.4, -0.2) is 59.0 Å². The SMILES string of the molecule is Cc1cc(C)n(CC2CN(C(=O)[C@H]3CCCCN3)CCO2)n1.Cl.Cl. The molecule has 1 aromatic rings. The monoisotopic (exact) mass is 378 g/mol. The van der Waals surface area contributed by atoms with Gasteiger partial charge in [-0.05, 0) is 39.3 Å². The van der Waals surface area contributed by atoms with Crippen molar-refractivity contribution in [1.29, 1.82) is 0 Å². The number of aryl methyl sites for hydroxylation is 2. The number of halogens is 2. The molecule has 1 N–H and O–H groups in total. The Morgan fingerprint density at radius 1 is 1.38 bits per heavy atom. The number of nitrogens with one attached hydrogen (secondary N) is 1. The quantitative estimate of drug-likeness (QED) is 0.869. The molecule has 2 fully saturated rings. The number of piperidine rings is 1. The molecule has 0 radical (unpaired) electrons. The highest BCUT2D eigenvalue weighted by Crippen LogP contribution is 2.14. The number of amides is 1. The van der Waals surface area contributed by atoms with Crippen molar-refractivity contribution < 1.29 is 9.53 Å². The van der Waals surface area contributed by atoms with Crippen LogP contribution in [0.4, 0.5) is 0 Å². The van der Waals surface area contributed by atoms with Gasteiger partial charge in [-0.25, -0.2) is 0 Å². The van der Waals surface area contributed by atoms with Gasteiger partial charge in [-0.15, -0.1) is 24.8 Å². The first-order valence-electron chi connectivity index (χ1n) is 8.28. The molecule has 0 bridgehead atoms. The zero-order valence-electron chi connectivity index (χ0n) is 14.4. The van der Waals surface area contributed by atoms with Crippen LogP contribution in [0.25, 0.3) is 0 Å². The van der Waals surface area contributed by atoms with E-state index in [0.29, 0.717) is 26.2 Å². The van der Waals surface area contributed by atoms with Gasteiger partial charge in [0.25, 0.3) is 0 Å². The molecule has 0 saturated carbocycles. The van der Waals surface area contributed by atoms with Gasteiger partial charge in [-0.3, -0.25) is 9.48 Å². The molecule has 0 aromatic carbocycles. The molecule has 8 heteroatoms. The van der Waals surface area contributed by atoms with E-state index in [9.17, 15) is 4.79 Å². The van der Waals surface area contributed by atoms with Crippen molar-refractivity contribution in [3.8, 4) is 0 Å². The Morgan fingerprint density at radius 3 is 2.79 bits per heavy atom. The molecule has 1 amide bonds. The first-order valence-corrected chi connectivity index (χ1v) is 8.28. The molecule has 138 valence electrons. The van der Waals surface area contributed by atoms with E-state index in [-0.39, 0.29) is 42.9 Å². The van der Waals surface area contributed by atoms with Crippen molar-refractivity contribution in [2.24, 2.45) is 0 Å². The zero-order chi connectivity index (χ0) is 15.5. The van der Waals surface area contributed by atoms with E-state index in [1.807, 2.05) is 16.5 Å². The number of carbonyl (C=O) groups is 1. The van der Waals surface area contributed by atoms with Crippen LogP contribution < -0.4 is 5.32 Å². The van der Waals surface area contributed by atoms with Crippen LogP contribution in [0.2, 0.25) is 0 Å². The highest BCUT2D eigenvalue weighted by atomic mass is 35.5. The average molecular weight is 379 g/mol. The van der Waals surface area contributed by atoms with Crippen LogP contribution in [0.5, 0.6) is 0 Å². The normalized spacial score (nSPS) is 24.0. The highest BCUT2D eigenvalue weighted by Gasteiger charge is 2.30. The van der Waals surface area contributed by atoms with E-state index in [0.717, 1.165) is 30.8 Å². The summed E-state index contributed by atoms with van der Waals surface area (Å²) in [6.07, 6.45) is 3.30. The molecular weight excluding hydrogens is 351 g/mol. The van der Waals surface area contributed by atoms with Crippen LogP contribution in [-0.2, 0) is 16.1 Å². The summed E-state index contributed by atoms with van der Waals surface area (Å²) >= 11 is 0. The fraction of sp³-hybridized carbons (Fsp3) is 0.750. The van der Waals surface area contributed by atoms with Gasteiger partial charge in [0.05, 0.1) is 31.0 Å². The summed E-state index contributed by atoms with van der Waals surface area (Å²) in [5.74, 6) is 0.237. The largest absolute Gasteiger partial charge is 0.373 e. The van der Waals surface area contributed by atoms with Gasteiger partial charge < -0.3 is 15.0 Å². The number of nitrogens with zero attached hydrogens (tertiary/aromatic N) is 3. The maximum atomic E-state index is 12.6. The molecule has 2 saturated heterocycles. The van der Waals surface area contributed by atoms with Crippen molar-refractivity contribution in [2.45, 2.75) is 51.8 Å². The first-order chi connectivity index (χ1) is 10.6. The minimum Gasteiger partial charge on any atom is -0.373 e. The third-order valence-corrected chi connectivity index (χ3v) is 4.54. The molecule has 2 aliphatic heterocycles. The molecule has 0 aliphatic carbocycles. The lowest BCUT2D eigenvalue weighted by atomic mass is 10.0. The summed E-state index contributed by atoms with van der Waals surface area (Å²) in [6.45, 7) is 7.69. The number of rotatable bonds is 3. The van der Waals surface area contributed by atoms with Crippen LogP contribution in [0.3, 0.4) is 0 Å². The standard InChI is InChI=1S/C16H26N4O2.2ClH/c1-12-9-13(2)20(18-12)11-14-10-19(7-8-22-14)16(21)15-5-3-4-6-17-15;;/h9,14-15,17H,3-8,10-11H2,1-2H3;2*1H/t14?,15-;;/m1../s1. The van der Waals surface area contributed by atoms with E-state index >= 15 is 0 Å². The van der Waals surface area contributed by atoms with Crippen molar-refractivity contribution >= 4 is 30.7 Å². The van der Waals surface area contributed by atoms with E-state index < -0.39 is 0 Å². The maximum Gasteiger partial charge on any atom is 0.239 e. The molecule has 1 unspecified atom stereocenters. The number of aromatic nitrogens is 2. The van der Waals surface area contributed by atoms with E-state index in [1.165, 1.54) is 6.42 Å². The predicted molar refractivity (Wildman–Crippen MR) is 98.2 cm³/mol. The lowest BCUT2D eigenvalue weighted by molar-refractivity contribution is -0.142. The minimum absolute atomic E-state index is 0. The fourth-order valence-corrected chi connectivity index (χ4v) is 3.37. The van der Waals surface area contributed by atoms with Gasteiger partial charge in [0.15, 0.2) is 0 Å². The van der Waals surface area contributed by atoms with Crippen LogP contribution >= 0.6 is 24.8 Å². The van der Waals surface area contributed by atoms with Gasteiger partial charge in [-0.1, -0.05) is 6.42 Å². The van der Waals surface area contributed by atoms with E-state index in [4.69, 9.17) is 4.74 Å². The highest BCUT2D eigenvalue weighted by molar-refractivity contribution is 5.85. The zero-order valence-corrected chi connectivity index (χ0v) is 16.0. The summed E-state index contributed by atoms with van der Waals surface area (Å²) in [5.41, 5.74) is 2.16. The Balaban J connectivity index is 0.00000144. The van der Waals surface area contributed by atoms with Crippen LogP contribution in [0.15, 0.2) is 6.07 Å². The summed E-state index contributed by atoms with van der Waals surface area (Å²) in [4.78, 5) is 14.6. The minimum atomic E-state index is 0. The van der Waals surface area contributed by atoms with Gasteiger partial charge in [0.2, 0.25) is 5.91 Å². The Morgan fingerprint density at radius 2 is 2.17 bits per heavy atom. The molecule has 24 heavy (non-hydrogen) atoms. The smallest absolute Gasteiger partial charge is 0.239 e. The summed E-state index contributed by atoms with van der Waals surface area (Å²) in [7, 11) is 0. The lowest BCUT2D eigenvalue weighted by Gasteiger charge is -2.36. The van der Waals surface area contributed by atoms with Crippen molar-refractivity contribution in [3.63, 3.8) is 0 Å². The Labute approximate surface area is 156 Å². The van der Waals surface area contributed by atoms with Gasteiger partial charge in [0.1, 0.15) is 0 Å². The van der Waals surface area contributed by atoms with Gasteiger partial charge in [0, 0.05) is 18.8 Å². The molecule has 3 rings (SSSR count). The molecule has 6 nitrogen and oxygen atoms in total. The first kappa shape index (κ1) is 21.2. The molecule has 2 atom stereocenters. The van der Waals surface area contributed by atoms with Gasteiger partial charge in [-0.2, -0.15) is 5.10 Å². The second kappa shape index (κ2) is 9.61. The number of morpholine rings is 1. The summed E-state index contributed by atoms with van der Waals surface area (Å²) in [6, 6.07) is 2.07. The van der Waals surface area contributed by atoms with Crippen molar-refractivity contribution in [2.75, 3.05) is 26.2 Å². The van der Waals surface area contributed by atoms with Crippen molar-refractivity contribution in [3.05, 3.63) is 17.5 Å². The molecule has 1 aromatic heterocycles. The number of ether oxygens (including phenoxy) is 1. The Bertz CT molecular complexity index is 532.